The Bertz CT molecular complexity index is 148. The van der Waals surface area contributed by atoms with Crippen LogP contribution in [0, 0.1) is 0 Å². The average molecular weight is 143 g/mol. The van der Waals surface area contributed by atoms with Crippen LogP contribution in [0.25, 0.3) is 0 Å². The number of allylic oxidation sites excluding steroid dienone is 5. The molecule has 0 nitrogen and oxygen atoms in total. The fraction of sp³-hybridized carbons (Fsp3) is 0.250. The largest absolute Gasteiger partial charge is 0.0976 e. The summed E-state index contributed by atoms with van der Waals surface area (Å²) in [5.74, 6) is 0. The molecule has 0 rings (SSSR count). The fourth-order valence-electron chi connectivity index (χ4n) is 0.314. The van der Waals surface area contributed by atoms with Crippen LogP contribution in [-0.4, -0.2) is 0 Å². The van der Waals surface area contributed by atoms with E-state index in [0.29, 0.717) is 5.03 Å². The molecule has 0 amide bonds. The maximum atomic E-state index is 5.61. The lowest BCUT2D eigenvalue weighted by molar-refractivity contribution is 1.39. The molecule has 0 saturated carbocycles. The molecule has 0 bridgehead atoms. The van der Waals surface area contributed by atoms with E-state index in [-0.39, 0.29) is 0 Å². The predicted molar refractivity (Wildman–Crippen MR) is 43.6 cm³/mol. The minimum atomic E-state index is 0.677. The molecule has 0 aromatic rings. The van der Waals surface area contributed by atoms with Gasteiger partial charge in [-0.3, -0.25) is 0 Å². The van der Waals surface area contributed by atoms with Crippen molar-refractivity contribution in [2.24, 2.45) is 0 Å². The van der Waals surface area contributed by atoms with Crippen molar-refractivity contribution in [1.29, 1.82) is 0 Å². The van der Waals surface area contributed by atoms with Crippen LogP contribution in [0.1, 0.15) is 13.8 Å². The Kier molecular flexibility index (Phi) is 4.16. The summed E-state index contributed by atoms with van der Waals surface area (Å²) in [5.41, 5.74) is 1.23. The summed E-state index contributed by atoms with van der Waals surface area (Å²) >= 11 is 5.61. The molecule has 0 radical (unpaired) electrons. The summed E-state index contributed by atoms with van der Waals surface area (Å²) < 4.78 is 0. The third-order valence-electron chi connectivity index (χ3n) is 0.771. The van der Waals surface area contributed by atoms with Crippen molar-refractivity contribution in [2.75, 3.05) is 0 Å². The summed E-state index contributed by atoms with van der Waals surface area (Å²) in [6, 6.07) is 0. The van der Waals surface area contributed by atoms with E-state index in [9.17, 15) is 0 Å². The molecule has 0 spiro atoms. The smallest absolute Gasteiger partial charge is 0.0400 e. The standard InChI is InChI=1S/C8H11Cl/c1-4-8(9)6-5-7(2)3/h4-6H,1H2,2-3H3. The molecule has 1 heteroatoms. The SMILES string of the molecule is C=CC(Cl)=CC=C(C)C. The van der Waals surface area contributed by atoms with Crippen LogP contribution in [-0.2, 0) is 0 Å². The zero-order valence-electron chi connectivity index (χ0n) is 5.82. The average Bonchev–Trinajstić information content (AvgIpc) is 1.83. The number of hydrogen-bond acceptors (Lipinski definition) is 0. The molecular weight excluding hydrogens is 132 g/mol. The summed E-state index contributed by atoms with van der Waals surface area (Å²) in [7, 11) is 0. The second-order valence-corrected chi connectivity index (χ2v) is 2.44. The van der Waals surface area contributed by atoms with E-state index in [1.165, 1.54) is 5.57 Å². The van der Waals surface area contributed by atoms with Gasteiger partial charge < -0.3 is 0 Å². The van der Waals surface area contributed by atoms with Crippen molar-refractivity contribution in [2.45, 2.75) is 13.8 Å². The van der Waals surface area contributed by atoms with Gasteiger partial charge in [-0.2, -0.15) is 0 Å². The second kappa shape index (κ2) is 4.39. The van der Waals surface area contributed by atoms with Gasteiger partial charge in [0.2, 0.25) is 0 Å². The minimum absolute atomic E-state index is 0.677. The molecule has 0 aromatic carbocycles. The van der Waals surface area contributed by atoms with E-state index >= 15 is 0 Å². The Balaban J connectivity index is 3.98. The molecule has 0 aromatic heterocycles. The monoisotopic (exact) mass is 142 g/mol. The summed E-state index contributed by atoms with van der Waals surface area (Å²) in [5, 5.41) is 0.677. The van der Waals surface area contributed by atoms with Crippen molar-refractivity contribution in [3.63, 3.8) is 0 Å². The van der Waals surface area contributed by atoms with E-state index in [1.54, 1.807) is 6.08 Å². The van der Waals surface area contributed by atoms with Gasteiger partial charge in [0.15, 0.2) is 0 Å². The molecule has 0 unspecified atom stereocenters. The Hall–Kier alpha value is -0.490. The Labute approximate surface area is 61.5 Å². The lowest BCUT2D eigenvalue weighted by atomic mass is 10.3. The summed E-state index contributed by atoms with van der Waals surface area (Å²) in [6.45, 7) is 7.54. The number of hydrogen-bond donors (Lipinski definition) is 0. The molecule has 9 heavy (non-hydrogen) atoms. The summed E-state index contributed by atoms with van der Waals surface area (Å²) in [6.07, 6.45) is 5.38. The molecule has 0 aliphatic rings. The molecule has 0 aliphatic carbocycles. The van der Waals surface area contributed by atoms with Crippen molar-refractivity contribution in [1.82, 2.24) is 0 Å². The second-order valence-electron chi connectivity index (χ2n) is 2.00. The first-order valence-corrected chi connectivity index (χ1v) is 3.17. The van der Waals surface area contributed by atoms with E-state index in [4.69, 9.17) is 11.6 Å². The Morgan fingerprint density at radius 1 is 1.33 bits per heavy atom. The van der Waals surface area contributed by atoms with Gasteiger partial charge in [-0.25, -0.2) is 0 Å². The minimum Gasteiger partial charge on any atom is -0.0976 e. The third-order valence-corrected chi connectivity index (χ3v) is 1.05. The molecule has 0 aliphatic heterocycles. The lowest BCUT2D eigenvalue weighted by Crippen LogP contribution is -1.61. The summed E-state index contributed by atoms with van der Waals surface area (Å²) in [4.78, 5) is 0. The van der Waals surface area contributed by atoms with Gasteiger partial charge in [0.25, 0.3) is 0 Å². The maximum absolute atomic E-state index is 5.61. The molecule has 0 heterocycles. The lowest BCUT2D eigenvalue weighted by Gasteiger charge is -1.83. The molecule has 0 fully saturated rings. The topological polar surface area (TPSA) is 0 Å². The maximum Gasteiger partial charge on any atom is 0.0400 e. The van der Waals surface area contributed by atoms with Crippen molar-refractivity contribution in [3.05, 3.63) is 35.4 Å². The van der Waals surface area contributed by atoms with Crippen molar-refractivity contribution in [3.8, 4) is 0 Å². The van der Waals surface area contributed by atoms with Crippen LogP contribution in [0.4, 0.5) is 0 Å². The first kappa shape index (κ1) is 8.51. The molecule has 0 N–H and O–H groups in total. The van der Waals surface area contributed by atoms with Gasteiger partial charge in [0.05, 0.1) is 0 Å². The highest BCUT2D eigenvalue weighted by Crippen LogP contribution is 2.02. The highest BCUT2D eigenvalue weighted by Gasteiger charge is 1.77. The third kappa shape index (κ3) is 5.38. The number of halogens is 1. The predicted octanol–water partition coefficient (Wildman–Crippen LogP) is 3.26. The normalized spacial score (nSPS) is 10.8. The molecule has 50 valence electrons. The van der Waals surface area contributed by atoms with Gasteiger partial charge in [-0.1, -0.05) is 35.9 Å². The molecular formula is C8H11Cl. The van der Waals surface area contributed by atoms with Crippen LogP contribution in [0.5, 0.6) is 0 Å². The highest BCUT2D eigenvalue weighted by atomic mass is 35.5. The van der Waals surface area contributed by atoms with Gasteiger partial charge in [-0.15, -0.1) is 0 Å². The Morgan fingerprint density at radius 2 is 1.89 bits per heavy atom. The molecule has 0 atom stereocenters. The Morgan fingerprint density at radius 3 is 2.22 bits per heavy atom. The van der Waals surface area contributed by atoms with Gasteiger partial charge in [-0.05, 0) is 19.9 Å². The van der Waals surface area contributed by atoms with E-state index in [0.717, 1.165) is 0 Å². The van der Waals surface area contributed by atoms with Crippen LogP contribution in [0.15, 0.2) is 35.4 Å². The zero-order chi connectivity index (χ0) is 7.28. The first-order chi connectivity index (χ1) is 4.16. The fourth-order valence-corrected chi connectivity index (χ4v) is 0.377. The van der Waals surface area contributed by atoms with Gasteiger partial charge in [0, 0.05) is 5.03 Å². The van der Waals surface area contributed by atoms with Crippen molar-refractivity contribution < 1.29 is 0 Å². The van der Waals surface area contributed by atoms with Gasteiger partial charge >= 0.3 is 0 Å². The van der Waals surface area contributed by atoms with Crippen LogP contribution >= 0.6 is 11.6 Å². The first-order valence-electron chi connectivity index (χ1n) is 2.80. The van der Waals surface area contributed by atoms with E-state index in [1.807, 2.05) is 26.0 Å². The number of rotatable bonds is 2. The van der Waals surface area contributed by atoms with E-state index in [2.05, 4.69) is 6.58 Å². The van der Waals surface area contributed by atoms with Crippen molar-refractivity contribution >= 4 is 11.6 Å². The van der Waals surface area contributed by atoms with Crippen LogP contribution < -0.4 is 0 Å². The molecule has 0 saturated heterocycles. The zero-order valence-corrected chi connectivity index (χ0v) is 6.57. The highest BCUT2D eigenvalue weighted by molar-refractivity contribution is 6.31. The van der Waals surface area contributed by atoms with Gasteiger partial charge in [0.1, 0.15) is 0 Å². The van der Waals surface area contributed by atoms with Crippen LogP contribution in [0.2, 0.25) is 0 Å². The quantitative estimate of drug-likeness (QED) is 0.520. The van der Waals surface area contributed by atoms with E-state index < -0.39 is 0 Å². The van der Waals surface area contributed by atoms with Crippen LogP contribution in [0.3, 0.4) is 0 Å².